The van der Waals surface area contributed by atoms with Gasteiger partial charge in [-0.1, -0.05) is 23.2 Å². The van der Waals surface area contributed by atoms with Crippen molar-refractivity contribution in [3.05, 3.63) is 28.2 Å². The molecule has 1 fully saturated rings. The Morgan fingerprint density at radius 1 is 1.38 bits per heavy atom. The third-order valence-electron chi connectivity index (χ3n) is 4.10. The summed E-state index contributed by atoms with van der Waals surface area (Å²) in [7, 11) is 0. The Bertz CT molecular complexity index is 631. The monoisotopic (exact) mass is 423 g/mol. The first-order valence-electron chi connectivity index (χ1n) is 8.30. The van der Waals surface area contributed by atoms with E-state index >= 15 is 0 Å². The lowest BCUT2D eigenvalue weighted by atomic mass is 9.96. The summed E-state index contributed by atoms with van der Waals surface area (Å²) in [5.41, 5.74) is 5.40. The maximum Gasteiger partial charge on any atom is 0.263 e. The van der Waals surface area contributed by atoms with Gasteiger partial charge in [-0.2, -0.15) is 0 Å². The molecule has 1 aromatic carbocycles. The number of halogens is 3. The Hall–Kier alpha value is -1.21. The highest BCUT2D eigenvalue weighted by molar-refractivity contribution is 6.42. The van der Waals surface area contributed by atoms with E-state index in [0.29, 0.717) is 42.0 Å². The van der Waals surface area contributed by atoms with Crippen molar-refractivity contribution in [2.24, 2.45) is 11.7 Å². The van der Waals surface area contributed by atoms with E-state index in [9.17, 15) is 9.59 Å². The molecule has 0 saturated carbocycles. The van der Waals surface area contributed by atoms with Gasteiger partial charge in [-0.3, -0.25) is 9.59 Å². The molecule has 0 spiro atoms. The lowest BCUT2D eigenvalue weighted by Crippen LogP contribution is -2.49. The lowest BCUT2D eigenvalue weighted by Gasteiger charge is -2.33. The predicted octanol–water partition coefficient (Wildman–Crippen LogP) is 2.50. The van der Waals surface area contributed by atoms with E-state index in [1.165, 1.54) is 0 Å². The maximum atomic E-state index is 12.6. The molecule has 2 atom stereocenters. The normalized spacial score (nSPS) is 17.8. The first-order chi connectivity index (χ1) is 11.9. The van der Waals surface area contributed by atoms with Gasteiger partial charge in [0.1, 0.15) is 5.75 Å². The fraction of sp³-hybridized carbons (Fsp3) is 0.529. The van der Waals surface area contributed by atoms with Gasteiger partial charge in [0, 0.05) is 32.2 Å². The van der Waals surface area contributed by atoms with Crippen LogP contribution in [0.3, 0.4) is 0 Å². The number of carbonyl (C=O) groups excluding carboxylic acids is 2. The number of ether oxygens (including phenoxy) is 1. The molecule has 3 N–H and O–H groups in total. The minimum Gasteiger partial charge on any atom is -0.481 e. The van der Waals surface area contributed by atoms with Crippen LogP contribution in [0.2, 0.25) is 10.0 Å². The van der Waals surface area contributed by atoms with Crippen molar-refractivity contribution >= 4 is 47.4 Å². The number of nitrogens with zero attached hydrogens (tertiary/aromatic N) is 1. The highest BCUT2D eigenvalue weighted by Crippen LogP contribution is 2.27. The molecule has 26 heavy (non-hydrogen) atoms. The molecule has 9 heteroatoms. The van der Waals surface area contributed by atoms with Crippen molar-refractivity contribution in [3.8, 4) is 5.75 Å². The summed E-state index contributed by atoms with van der Waals surface area (Å²) in [6.45, 7) is 3.54. The Morgan fingerprint density at radius 3 is 2.77 bits per heavy atom. The van der Waals surface area contributed by atoms with Crippen molar-refractivity contribution in [1.29, 1.82) is 0 Å². The lowest BCUT2D eigenvalue weighted by molar-refractivity contribution is -0.141. The zero-order valence-corrected chi connectivity index (χ0v) is 16.9. The third kappa shape index (κ3) is 6.20. The molecule has 0 radical (unpaired) electrons. The Balaban J connectivity index is 0.00000338. The SMILES string of the molecule is CC(Oc1ccc(Cl)c(Cl)c1)C(=O)N1CCCC(C(=O)NCCN)C1.Cl. The molecular weight excluding hydrogens is 401 g/mol. The number of likely N-dealkylation sites (tertiary alicyclic amines) is 1. The molecular formula is C17H24Cl3N3O3. The second-order valence-electron chi connectivity index (χ2n) is 6.04. The standard InChI is InChI=1S/C17H23Cl2N3O3.ClH/c1-11(25-13-4-5-14(18)15(19)9-13)17(24)22-8-2-3-12(10-22)16(23)21-7-6-20;/h4-5,9,11-12H,2-3,6-8,10,20H2,1H3,(H,21,23);1H. The number of hydrogen-bond donors (Lipinski definition) is 2. The van der Waals surface area contributed by atoms with Crippen molar-refractivity contribution < 1.29 is 14.3 Å². The molecule has 146 valence electrons. The number of amides is 2. The van der Waals surface area contributed by atoms with Crippen LogP contribution < -0.4 is 15.8 Å². The highest BCUT2D eigenvalue weighted by Gasteiger charge is 2.31. The molecule has 2 rings (SSSR count). The quantitative estimate of drug-likeness (QED) is 0.735. The summed E-state index contributed by atoms with van der Waals surface area (Å²) in [6.07, 6.45) is 0.872. The van der Waals surface area contributed by atoms with E-state index in [-0.39, 0.29) is 30.1 Å². The van der Waals surface area contributed by atoms with E-state index in [0.717, 1.165) is 12.8 Å². The average Bonchev–Trinajstić information content (AvgIpc) is 2.62. The van der Waals surface area contributed by atoms with Crippen molar-refractivity contribution in [3.63, 3.8) is 0 Å². The minimum absolute atomic E-state index is 0. The van der Waals surface area contributed by atoms with Crippen LogP contribution in [-0.4, -0.2) is 49.0 Å². The summed E-state index contributed by atoms with van der Waals surface area (Å²) < 4.78 is 5.67. The zero-order chi connectivity index (χ0) is 18.4. The number of benzene rings is 1. The molecule has 2 unspecified atom stereocenters. The van der Waals surface area contributed by atoms with Gasteiger partial charge in [0.2, 0.25) is 5.91 Å². The van der Waals surface area contributed by atoms with Crippen LogP contribution in [-0.2, 0) is 9.59 Å². The smallest absolute Gasteiger partial charge is 0.263 e. The van der Waals surface area contributed by atoms with Crippen LogP contribution >= 0.6 is 35.6 Å². The highest BCUT2D eigenvalue weighted by atomic mass is 35.5. The first-order valence-corrected chi connectivity index (χ1v) is 9.06. The van der Waals surface area contributed by atoms with Crippen LogP contribution in [0.25, 0.3) is 0 Å². The maximum absolute atomic E-state index is 12.6. The van der Waals surface area contributed by atoms with E-state index in [2.05, 4.69) is 5.32 Å². The van der Waals surface area contributed by atoms with E-state index in [1.54, 1.807) is 30.0 Å². The largest absolute Gasteiger partial charge is 0.481 e. The second-order valence-corrected chi connectivity index (χ2v) is 6.85. The number of rotatable bonds is 6. The molecule has 1 aromatic rings. The van der Waals surface area contributed by atoms with Crippen molar-refractivity contribution in [1.82, 2.24) is 10.2 Å². The molecule has 1 aliphatic heterocycles. The molecule has 1 aliphatic rings. The number of nitrogens with two attached hydrogens (primary N) is 1. The second kappa shape index (κ2) is 10.8. The van der Waals surface area contributed by atoms with Crippen molar-refractivity contribution in [2.45, 2.75) is 25.9 Å². The van der Waals surface area contributed by atoms with Crippen LogP contribution in [0.5, 0.6) is 5.75 Å². The molecule has 2 amide bonds. The van der Waals surface area contributed by atoms with Crippen LogP contribution in [0.4, 0.5) is 0 Å². The Morgan fingerprint density at radius 2 is 2.12 bits per heavy atom. The van der Waals surface area contributed by atoms with Gasteiger partial charge in [-0.15, -0.1) is 12.4 Å². The number of piperidine rings is 1. The topological polar surface area (TPSA) is 84.7 Å². The van der Waals surface area contributed by atoms with E-state index < -0.39 is 6.10 Å². The van der Waals surface area contributed by atoms with E-state index in [4.69, 9.17) is 33.7 Å². The van der Waals surface area contributed by atoms with Crippen LogP contribution in [0.1, 0.15) is 19.8 Å². The van der Waals surface area contributed by atoms with Gasteiger partial charge >= 0.3 is 0 Å². The fourth-order valence-corrected chi connectivity index (χ4v) is 3.08. The molecule has 0 bridgehead atoms. The number of carbonyl (C=O) groups is 2. The molecule has 1 heterocycles. The van der Waals surface area contributed by atoms with Gasteiger partial charge in [-0.25, -0.2) is 0 Å². The van der Waals surface area contributed by atoms with Gasteiger partial charge in [0.15, 0.2) is 6.10 Å². The summed E-state index contributed by atoms with van der Waals surface area (Å²) in [4.78, 5) is 26.4. The number of nitrogens with one attached hydrogen (secondary N) is 1. The molecule has 0 aliphatic carbocycles. The summed E-state index contributed by atoms with van der Waals surface area (Å²) in [6, 6.07) is 4.86. The van der Waals surface area contributed by atoms with Gasteiger partial charge in [0.25, 0.3) is 5.91 Å². The fourth-order valence-electron chi connectivity index (χ4n) is 2.79. The molecule has 1 saturated heterocycles. The average molecular weight is 425 g/mol. The Labute approximate surface area is 169 Å². The van der Waals surface area contributed by atoms with Gasteiger partial charge < -0.3 is 20.7 Å². The molecule has 6 nitrogen and oxygen atoms in total. The minimum atomic E-state index is -0.678. The molecule has 0 aromatic heterocycles. The zero-order valence-electron chi connectivity index (χ0n) is 14.5. The van der Waals surface area contributed by atoms with E-state index in [1.807, 2.05) is 0 Å². The number of hydrogen-bond acceptors (Lipinski definition) is 4. The van der Waals surface area contributed by atoms with Gasteiger partial charge in [-0.05, 0) is 31.9 Å². The van der Waals surface area contributed by atoms with Crippen LogP contribution in [0, 0.1) is 5.92 Å². The van der Waals surface area contributed by atoms with Crippen molar-refractivity contribution in [2.75, 3.05) is 26.2 Å². The Kier molecular flexibility index (Phi) is 9.50. The summed E-state index contributed by atoms with van der Waals surface area (Å²) in [5, 5.41) is 3.58. The predicted molar refractivity (Wildman–Crippen MR) is 105 cm³/mol. The van der Waals surface area contributed by atoms with Crippen LogP contribution in [0.15, 0.2) is 18.2 Å². The summed E-state index contributed by atoms with van der Waals surface area (Å²) >= 11 is 11.8. The summed E-state index contributed by atoms with van der Waals surface area (Å²) in [5.74, 6) is 0.0642. The van der Waals surface area contributed by atoms with Gasteiger partial charge in [0.05, 0.1) is 16.0 Å². The first kappa shape index (κ1) is 22.8. The third-order valence-corrected chi connectivity index (χ3v) is 4.84.